The maximum absolute atomic E-state index is 9.97. The largest absolute Gasteiger partial charge is 0.436 e. The third kappa shape index (κ3) is 8.83. The second-order valence-corrected chi connectivity index (χ2v) is 22.0. The lowest BCUT2D eigenvalue weighted by molar-refractivity contribution is -0.298. The van der Waals surface area contributed by atoms with Crippen LogP contribution < -0.4 is 0 Å². The Labute approximate surface area is 171 Å². The molecule has 28 heavy (non-hydrogen) atoms. The molecule has 0 aromatic rings. The Balaban J connectivity index is 2.62. The molecule has 0 saturated carbocycles. The van der Waals surface area contributed by atoms with Crippen molar-refractivity contribution in [1.82, 2.24) is 0 Å². The van der Waals surface area contributed by atoms with Crippen molar-refractivity contribution in [3.63, 3.8) is 0 Å². The van der Waals surface area contributed by atoms with Gasteiger partial charge in [0.2, 0.25) is 0 Å². The minimum absolute atomic E-state index is 0.146. The molecule has 166 valence electrons. The Morgan fingerprint density at radius 3 is 1.82 bits per heavy atom. The van der Waals surface area contributed by atoms with E-state index in [0.717, 1.165) is 0 Å². The molecule has 1 fully saturated rings. The maximum atomic E-state index is 9.97. The van der Waals surface area contributed by atoms with Crippen LogP contribution in [0.4, 0.5) is 0 Å². The second-order valence-electron chi connectivity index (χ2n) is 9.27. The van der Waals surface area contributed by atoms with Gasteiger partial charge in [-0.2, -0.15) is 0 Å². The third-order valence-electron chi connectivity index (χ3n) is 3.90. The Morgan fingerprint density at radius 1 is 0.821 bits per heavy atom. The van der Waals surface area contributed by atoms with Crippen molar-refractivity contribution < 1.29 is 38.1 Å². The molecule has 11 heteroatoms. The van der Waals surface area contributed by atoms with Crippen LogP contribution in [0, 0.1) is 0 Å². The van der Waals surface area contributed by atoms with Gasteiger partial charge in [-0.3, -0.25) is 0 Å². The highest BCUT2D eigenvalue weighted by Crippen LogP contribution is 2.25. The number of hydrogen-bond acceptors (Lipinski definition) is 8. The van der Waals surface area contributed by atoms with E-state index in [-0.39, 0.29) is 6.61 Å². The molecule has 8 nitrogen and oxygen atoms in total. The molecule has 1 aliphatic rings. The molecular weight excluding hydrogens is 416 g/mol. The van der Waals surface area contributed by atoms with Gasteiger partial charge in [0.25, 0.3) is 0 Å². The average molecular weight is 455 g/mol. The highest BCUT2D eigenvalue weighted by atomic mass is 28.5. The molecule has 0 radical (unpaired) electrons. The molecule has 0 unspecified atom stereocenters. The van der Waals surface area contributed by atoms with E-state index in [1.54, 1.807) is 6.08 Å². The minimum atomic E-state index is -2.37. The van der Waals surface area contributed by atoms with Gasteiger partial charge < -0.3 is 38.1 Å². The SMILES string of the molecule is C[Si](C)(C)O[Si](C)(CC=CCO[C@@H]1O[C@H](CO)[C@@H](O)[C@H](O)[C@H]1O)O[Si](C)(C)C. The van der Waals surface area contributed by atoms with Crippen LogP contribution in [0.25, 0.3) is 0 Å². The summed E-state index contributed by atoms with van der Waals surface area (Å²) < 4.78 is 23.6. The van der Waals surface area contributed by atoms with Gasteiger partial charge in [-0.1, -0.05) is 12.2 Å². The minimum Gasteiger partial charge on any atom is -0.436 e. The fourth-order valence-electron chi connectivity index (χ4n) is 3.12. The molecular formula is C17H38O8Si3. The topological polar surface area (TPSA) is 118 Å². The van der Waals surface area contributed by atoms with Crippen LogP contribution >= 0.6 is 0 Å². The Hall–Kier alpha value is 0.0706. The van der Waals surface area contributed by atoms with Crippen molar-refractivity contribution in [1.29, 1.82) is 0 Å². The standard InChI is InChI=1S/C17H38O8Si3/c1-26(2,3)24-28(7,25-27(4,5)6)11-9-8-10-22-17-16(21)15(20)14(19)13(12-18)23-17/h8-9,13-21H,10-12H2,1-7H3/t13-,14-,15+,16-,17-/m1/s1. The van der Waals surface area contributed by atoms with Crippen molar-refractivity contribution in [2.75, 3.05) is 13.2 Å². The molecule has 5 atom stereocenters. The number of ether oxygens (including phenoxy) is 2. The van der Waals surface area contributed by atoms with E-state index in [2.05, 4.69) is 45.8 Å². The summed E-state index contributed by atoms with van der Waals surface area (Å²) in [5, 5.41) is 38.7. The fourth-order valence-corrected chi connectivity index (χ4v) is 15.3. The second kappa shape index (κ2) is 10.4. The Bertz CT molecular complexity index is 488. The number of aliphatic hydroxyl groups is 4. The summed E-state index contributed by atoms with van der Waals surface area (Å²) in [6, 6.07) is 0.680. The van der Waals surface area contributed by atoms with E-state index in [4.69, 9.17) is 17.7 Å². The van der Waals surface area contributed by atoms with Crippen molar-refractivity contribution in [2.24, 2.45) is 0 Å². The van der Waals surface area contributed by atoms with Gasteiger partial charge in [0.15, 0.2) is 22.9 Å². The molecule has 0 amide bonds. The quantitative estimate of drug-likeness (QED) is 0.287. The predicted molar refractivity (Wildman–Crippen MR) is 114 cm³/mol. The number of allylic oxidation sites excluding steroid dienone is 1. The summed E-state index contributed by atoms with van der Waals surface area (Å²) in [5.74, 6) is 0. The van der Waals surface area contributed by atoms with Gasteiger partial charge in [0, 0.05) is 6.04 Å². The first-order chi connectivity index (χ1) is 12.7. The molecule has 0 aromatic carbocycles. The van der Waals surface area contributed by atoms with Crippen molar-refractivity contribution in [2.45, 2.75) is 82.6 Å². The molecule has 4 N–H and O–H groups in total. The van der Waals surface area contributed by atoms with E-state index in [9.17, 15) is 20.4 Å². The third-order valence-corrected chi connectivity index (χ3v) is 13.2. The van der Waals surface area contributed by atoms with Gasteiger partial charge in [-0.05, 0) is 45.8 Å². The normalized spacial score (nSPS) is 30.2. The number of aliphatic hydroxyl groups excluding tert-OH is 4. The molecule has 1 heterocycles. The fraction of sp³-hybridized carbons (Fsp3) is 0.882. The molecule has 1 saturated heterocycles. The van der Waals surface area contributed by atoms with Crippen molar-refractivity contribution >= 4 is 25.2 Å². The molecule has 0 bridgehead atoms. The molecule has 0 spiro atoms. The summed E-state index contributed by atoms with van der Waals surface area (Å²) in [7, 11) is -5.88. The van der Waals surface area contributed by atoms with Gasteiger partial charge in [-0.15, -0.1) is 0 Å². The van der Waals surface area contributed by atoms with Crippen LogP contribution in [-0.4, -0.2) is 89.5 Å². The van der Waals surface area contributed by atoms with Crippen LogP contribution in [0.2, 0.25) is 51.9 Å². The summed E-state index contributed by atoms with van der Waals surface area (Å²) in [6.07, 6.45) is -2.56. The zero-order chi connectivity index (χ0) is 21.8. The van der Waals surface area contributed by atoms with Crippen LogP contribution in [0.3, 0.4) is 0 Å². The van der Waals surface area contributed by atoms with Crippen LogP contribution in [-0.2, 0) is 17.7 Å². The smallest absolute Gasteiger partial charge is 0.318 e. The van der Waals surface area contributed by atoms with Crippen LogP contribution in [0.1, 0.15) is 0 Å². The summed E-state index contributed by atoms with van der Waals surface area (Å²) in [6.45, 7) is 14.7. The number of hydrogen-bond donors (Lipinski definition) is 4. The summed E-state index contributed by atoms with van der Waals surface area (Å²) in [4.78, 5) is 0. The first-order valence-corrected chi connectivity index (χ1v) is 19.0. The lowest BCUT2D eigenvalue weighted by Gasteiger charge is -2.39. The predicted octanol–water partition coefficient (Wildman–Crippen LogP) is 1.13. The van der Waals surface area contributed by atoms with Crippen LogP contribution in [0.5, 0.6) is 0 Å². The van der Waals surface area contributed by atoms with Gasteiger partial charge >= 0.3 is 8.56 Å². The highest BCUT2D eigenvalue weighted by molar-refractivity contribution is 6.87. The lowest BCUT2D eigenvalue weighted by Crippen LogP contribution is -2.59. The van der Waals surface area contributed by atoms with Crippen LogP contribution in [0.15, 0.2) is 12.2 Å². The van der Waals surface area contributed by atoms with E-state index < -0.39 is 62.5 Å². The maximum Gasteiger partial charge on any atom is 0.318 e. The van der Waals surface area contributed by atoms with E-state index >= 15 is 0 Å². The molecule has 0 aromatic heterocycles. The summed E-state index contributed by atoms with van der Waals surface area (Å²) in [5.41, 5.74) is 0. The van der Waals surface area contributed by atoms with Gasteiger partial charge in [0.1, 0.15) is 24.4 Å². The van der Waals surface area contributed by atoms with Gasteiger partial charge in [-0.25, -0.2) is 0 Å². The zero-order valence-corrected chi connectivity index (χ0v) is 21.1. The molecule has 1 aliphatic heterocycles. The van der Waals surface area contributed by atoms with E-state index in [0.29, 0.717) is 6.04 Å². The first kappa shape index (κ1) is 26.1. The summed E-state index contributed by atoms with van der Waals surface area (Å²) >= 11 is 0. The van der Waals surface area contributed by atoms with Gasteiger partial charge in [0.05, 0.1) is 13.2 Å². The molecule has 1 rings (SSSR count). The lowest BCUT2D eigenvalue weighted by atomic mass is 9.99. The number of rotatable bonds is 10. The average Bonchev–Trinajstić information content (AvgIpc) is 2.50. The highest BCUT2D eigenvalue weighted by Gasteiger charge is 2.44. The van der Waals surface area contributed by atoms with E-state index in [1.165, 1.54) is 0 Å². The Morgan fingerprint density at radius 2 is 1.36 bits per heavy atom. The van der Waals surface area contributed by atoms with E-state index in [1.807, 2.05) is 6.08 Å². The first-order valence-electron chi connectivity index (χ1n) is 9.65. The Kier molecular flexibility index (Phi) is 9.69. The monoisotopic (exact) mass is 454 g/mol. The van der Waals surface area contributed by atoms with Crippen molar-refractivity contribution in [3.8, 4) is 0 Å². The molecule has 0 aliphatic carbocycles. The van der Waals surface area contributed by atoms with Crippen molar-refractivity contribution in [3.05, 3.63) is 12.2 Å². The zero-order valence-electron chi connectivity index (χ0n) is 18.1.